The molecule has 0 saturated carbocycles. The number of likely N-dealkylation sites (N-methyl/N-ethyl adjacent to an activating group) is 1. The highest BCUT2D eigenvalue weighted by Crippen LogP contribution is 2.20. The molecule has 2 aromatic rings. The van der Waals surface area contributed by atoms with E-state index in [2.05, 4.69) is 5.32 Å². The van der Waals surface area contributed by atoms with Gasteiger partial charge in [0, 0.05) is 18.8 Å². The van der Waals surface area contributed by atoms with Crippen LogP contribution < -0.4 is 16.0 Å². The molecule has 0 saturated heterocycles. The van der Waals surface area contributed by atoms with Crippen LogP contribution in [0.2, 0.25) is 0 Å². The molecule has 1 amide bonds. The topological polar surface area (TPSA) is 78.6 Å². The van der Waals surface area contributed by atoms with Gasteiger partial charge in [-0.25, -0.2) is 4.39 Å². The van der Waals surface area contributed by atoms with Crippen molar-refractivity contribution in [3.63, 3.8) is 0 Å². The first-order valence-electron chi connectivity index (χ1n) is 6.31. The van der Waals surface area contributed by atoms with Crippen molar-refractivity contribution in [2.75, 3.05) is 29.5 Å². The van der Waals surface area contributed by atoms with Gasteiger partial charge in [0.05, 0.1) is 17.9 Å². The summed E-state index contributed by atoms with van der Waals surface area (Å²) in [5, 5.41) is 12.0. The second kappa shape index (κ2) is 6.13. The Balaban J connectivity index is 2.01. The third-order valence-electron chi connectivity index (χ3n) is 2.94. The number of nitrogens with zero attached hydrogens (tertiary/aromatic N) is 1. The van der Waals surface area contributed by atoms with Gasteiger partial charge in [-0.15, -0.1) is 0 Å². The van der Waals surface area contributed by atoms with Gasteiger partial charge < -0.3 is 21.1 Å². The summed E-state index contributed by atoms with van der Waals surface area (Å²) in [6.45, 7) is 0.0697. The fraction of sp³-hybridized carbons (Fsp3) is 0.133. The fourth-order valence-corrected chi connectivity index (χ4v) is 1.87. The van der Waals surface area contributed by atoms with Gasteiger partial charge in [-0.2, -0.15) is 0 Å². The van der Waals surface area contributed by atoms with Crippen LogP contribution in [0.3, 0.4) is 0 Å². The van der Waals surface area contributed by atoms with Crippen LogP contribution >= 0.6 is 0 Å². The maximum absolute atomic E-state index is 12.9. The SMILES string of the molecule is CN(CC(=O)Nc1ccc(F)cc1N)c1cccc(O)c1. The molecule has 0 radical (unpaired) electrons. The number of rotatable bonds is 4. The number of phenols is 1. The van der Waals surface area contributed by atoms with Crippen molar-refractivity contribution in [2.45, 2.75) is 0 Å². The lowest BCUT2D eigenvalue weighted by Crippen LogP contribution is -2.30. The Morgan fingerprint density at radius 3 is 2.76 bits per heavy atom. The molecule has 2 aromatic carbocycles. The maximum Gasteiger partial charge on any atom is 0.243 e. The molecule has 6 heteroatoms. The summed E-state index contributed by atoms with van der Waals surface area (Å²) in [5.41, 5.74) is 6.87. The van der Waals surface area contributed by atoms with Gasteiger partial charge >= 0.3 is 0 Å². The van der Waals surface area contributed by atoms with E-state index >= 15 is 0 Å². The highest BCUT2D eigenvalue weighted by molar-refractivity contribution is 5.96. The summed E-state index contributed by atoms with van der Waals surface area (Å²) in [6, 6.07) is 10.4. The van der Waals surface area contributed by atoms with E-state index in [1.807, 2.05) is 0 Å². The van der Waals surface area contributed by atoms with Crippen molar-refractivity contribution in [3.8, 4) is 5.75 Å². The van der Waals surface area contributed by atoms with Crippen LogP contribution in [0.1, 0.15) is 0 Å². The van der Waals surface area contributed by atoms with Crippen molar-refractivity contribution in [1.82, 2.24) is 0 Å². The van der Waals surface area contributed by atoms with Crippen molar-refractivity contribution >= 4 is 23.0 Å². The van der Waals surface area contributed by atoms with Crippen molar-refractivity contribution < 1.29 is 14.3 Å². The van der Waals surface area contributed by atoms with E-state index in [9.17, 15) is 14.3 Å². The standard InChI is InChI=1S/C15H16FN3O2/c1-19(11-3-2-4-12(20)8-11)9-15(21)18-14-6-5-10(16)7-13(14)17/h2-8,20H,9,17H2,1H3,(H,18,21). The molecule has 0 atom stereocenters. The molecule has 5 nitrogen and oxygen atoms in total. The Kier molecular flexibility index (Phi) is 4.27. The highest BCUT2D eigenvalue weighted by atomic mass is 19.1. The summed E-state index contributed by atoms with van der Waals surface area (Å²) in [5.74, 6) is -0.621. The number of nitrogen functional groups attached to an aromatic ring is 1. The lowest BCUT2D eigenvalue weighted by Gasteiger charge is -2.19. The van der Waals surface area contributed by atoms with Gasteiger partial charge in [0.2, 0.25) is 5.91 Å². The number of anilines is 3. The highest BCUT2D eigenvalue weighted by Gasteiger charge is 2.10. The minimum atomic E-state index is -0.456. The summed E-state index contributed by atoms with van der Waals surface area (Å²) in [6.07, 6.45) is 0. The molecule has 4 N–H and O–H groups in total. The zero-order chi connectivity index (χ0) is 15.4. The summed E-state index contributed by atoms with van der Waals surface area (Å²) in [4.78, 5) is 13.6. The molecule has 0 aromatic heterocycles. The van der Waals surface area contributed by atoms with Crippen LogP contribution in [-0.4, -0.2) is 24.6 Å². The van der Waals surface area contributed by atoms with E-state index < -0.39 is 5.82 Å². The summed E-state index contributed by atoms with van der Waals surface area (Å²) < 4.78 is 12.9. The normalized spacial score (nSPS) is 10.2. The summed E-state index contributed by atoms with van der Waals surface area (Å²) >= 11 is 0. The Morgan fingerprint density at radius 2 is 2.10 bits per heavy atom. The van der Waals surface area contributed by atoms with Gasteiger partial charge in [-0.3, -0.25) is 4.79 Å². The largest absolute Gasteiger partial charge is 0.508 e. The maximum atomic E-state index is 12.9. The fourth-order valence-electron chi connectivity index (χ4n) is 1.87. The van der Waals surface area contributed by atoms with E-state index in [4.69, 9.17) is 5.73 Å². The third-order valence-corrected chi connectivity index (χ3v) is 2.94. The molecule has 0 aliphatic carbocycles. The number of hydrogen-bond acceptors (Lipinski definition) is 4. The zero-order valence-corrected chi connectivity index (χ0v) is 11.5. The predicted octanol–water partition coefficient (Wildman–Crippen LogP) is 2.19. The number of carbonyl (C=O) groups excluding carboxylic acids is 1. The monoisotopic (exact) mass is 289 g/mol. The second-order valence-electron chi connectivity index (χ2n) is 4.66. The van der Waals surface area contributed by atoms with Crippen LogP contribution in [-0.2, 0) is 4.79 Å². The number of hydrogen-bond donors (Lipinski definition) is 3. The first-order chi connectivity index (χ1) is 9.95. The van der Waals surface area contributed by atoms with Crippen LogP contribution in [0.4, 0.5) is 21.5 Å². The van der Waals surface area contributed by atoms with Gasteiger partial charge in [-0.05, 0) is 30.3 Å². The smallest absolute Gasteiger partial charge is 0.243 e. The first-order valence-corrected chi connectivity index (χ1v) is 6.31. The number of halogens is 1. The molecule has 2 rings (SSSR count). The van der Waals surface area contributed by atoms with Crippen molar-refractivity contribution in [2.24, 2.45) is 0 Å². The van der Waals surface area contributed by atoms with Crippen LogP contribution in [0.25, 0.3) is 0 Å². The van der Waals surface area contributed by atoms with Gasteiger partial charge in [0.15, 0.2) is 0 Å². The van der Waals surface area contributed by atoms with Crippen molar-refractivity contribution in [1.29, 1.82) is 0 Å². The lowest BCUT2D eigenvalue weighted by atomic mass is 10.2. The number of amides is 1. The van der Waals surface area contributed by atoms with Crippen LogP contribution in [0.15, 0.2) is 42.5 Å². The van der Waals surface area contributed by atoms with Gasteiger partial charge in [-0.1, -0.05) is 6.07 Å². The molecule has 0 aliphatic rings. The number of benzene rings is 2. The number of carbonyl (C=O) groups is 1. The number of nitrogens with two attached hydrogens (primary N) is 1. The molecule has 110 valence electrons. The molecule has 0 bridgehead atoms. The molecular formula is C15H16FN3O2. The van der Waals surface area contributed by atoms with E-state index in [0.29, 0.717) is 11.4 Å². The van der Waals surface area contributed by atoms with Crippen LogP contribution in [0.5, 0.6) is 5.75 Å². The Bertz CT molecular complexity index is 661. The molecule has 0 heterocycles. The minimum Gasteiger partial charge on any atom is -0.508 e. The van der Waals surface area contributed by atoms with Crippen LogP contribution in [0, 0.1) is 5.82 Å². The zero-order valence-electron chi connectivity index (χ0n) is 11.5. The van der Waals surface area contributed by atoms with Crippen molar-refractivity contribution in [3.05, 3.63) is 48.3 Å². The van der Waals surface area contributed by atoms with Gasteiger partial charge in [0.25, 0.3) is 0 Å². The first kappa shape index (κ1) is 14.6. The minimum absolute atomic E-state index is 0.0697. The number of phenolic OH excluding ortho intramolecular Hbond substituents is 1. The van der Waals surface area contributed by atoms with E-state index in [1.54, 1.807) is 36.2 Å². The number of nitrogens with one attached hydrogen (secondary N) is 1. The van der Waals surface area contributed by atoms with E-state index in [0.717, 1.165) is 6.07 Å². The van der Waals surface area contributed by atoms with E-state index in [1.165, 1.54) is 12.1 Å². The molecule has 21 heavy (non-hydrogen) atoms. The molecule has 0 fully saturated rings. The Morgan fingerprint density at radius 1 is 1.33 bits per heavy atom. The molecular weight excluding hydrogens is 273 g/mol. The Labute approximate surface area is 121 Å². The quantitative estimate of drug-likeness (QED) is 0.754. The molecule has 0 spiro atoms. The second-order valence-corrected chi connectivity index (χ2v) is 4.66. The van der Waals surface area contributed by atoms with Gasteiger partial charge in [0.1, 0.15) is 11.6 Å². The molecule has 0 unspecified atom stereocenters. The Hall–Kier alpha value is -2.76. The average molecular weight is 289 g/mol. The average Bonchev–Trinajstić information content (AvgIpc) is 2.42. The lowest BCUT2D eigenvalue weighted by molar-refractivity contribution is -0.114. The third kappa shape index (κ3) is 3.85. The molecule has 0 aliphatic heterocycles. The van der Waals surface area contributed by atoms with E-state index in [-0.39, 0.29) is 23.9 Å². The summed E-state index contributed by atoms with van der Waals surface area (Å²) in [7, 11) is 1.72. The number of aromatic hydroxyl groups is 1. The predicted molar refractivity (Wildman–Crippen MR) is 80.8 cm³/mol.